The zero-order valence-electron chi connectivity index (χ0n) is 10.4. The second-order valence-electron chi connectivity index (χ2n) is 4.17. The van der Waals surface area contributed by atoms with Gasteiger partial charge in [0.2, 0.25) is 0 Å². The summed E-state index contributed by atoms with van der Waals surface area (Å²) in [5.74, 6) is 0.500. The first-order chi connectivity index (χ1) is 9.15. The van der Waals surface area contributed by atoms with Crippen LogP contribution in [0.1, 0.15) is 11.3 Å². The Labute approximate surface area is 119 Å². The molecule has 0 spiro atoms. The number of benzene rings is 1. The van der Waals surface area contributed by atoms with Gasteiger partial charge in [-0.15, -0.1) is 16.4 Å². The molecule has 0 fully saturated rings. The fourth-order valence-electron chi connectivity index (χ4n) is 1.85. The van der Waals surface area contributed by atoms with Gasteiger partial charge in [0.15, 0.2) is 0 Å². The van der Waals surface area contributed by atoms with Crippen LogP contribution in [0.2, 0.25) is 0 Å². The zero-order chi connectivity index (χ0) is 13.4. The number of nitrogens with zero attached hydrogens (tertiary/aromatic N) is 2. The van der Waals surface area contributed by atoms with Crippen molar-refractivity contribution in [3.63, 3.8) is 0 Å². The standard InChI is InChI=1S/C13H11N3OS2/c1-7-5-3-4-6-9(7)12-14-8(2)10(19-12)11-15-16-13(18)17-11/h3-6H,1-2H3,(H,16,18). The van der Waals surface area contributed by atoms with Crippen molar-refractivity contribution in [1.82, 2.24) is 15.2 Å². The summed E-state index contributed by atoms with van der Waals surface area (Å²) in [6.07, 6.45) is 0. The van der Waals surface area contributed by atoms with Gasteiger partial charge in [0.05, 0.1) is 5.69 Å². The van der Waals surface area contributed by atoms with Gasteiger partial charge >= 0.3 is 0 Å². The number of hydrogen-bond acceptors (Lipinski definition) is 5. The minimum Gasteiger partial charge on any atom is -0.408 e. The van der Waals surface area contributed by atoms with Gasteiger partial charge in [-0.25, -0.2) is 10.1 Å². The Hall–Kier alpha value is -1.79. The molecular formula is C13H11N3OS2. The highest BCUT2D eigenvalue weighted by atomic mass is 32.1. The molecule has 0 aliphatic heterocycles. The van der Waals surface area contributed by atoms with E-state index in [0.29, 0.717) is 5.89 Å². The summed E-state index contributed by atoms with van der Waals surface area (Å²) in [4.78, 5) is 5.78. The van der Waals surface area contributed by atoms with Gasteiger partial charge in [-0.1, -0.05) is 24.3 Å². The van der Waals surface area contributed by atoms with Crippen LogP contribution in [-0.2, 0) is 0 Å². The van der Waals surface area contributed by atoms with Crippen LogP contribution in [0.15, 0.2) is 28.7 Å². The summed E-state index contributed by atoms with van der Waals surface area (Å²) in [6, 6.07) is 8.18. The van der Waals surface area contributed by atoms with Crippen LogP contribution in [-0.4, -0.2) is 15.2 Å². The van der Waals surface area contributed by atoms with Crippen LogP contribution in [0, 0.1) is 18.7 Å². The summed E-state index contributed by atoms with van der Waals surface area (Å²) in [5, 5.41) is 7.65. The van der Waals surface area contributed by atoms with Crippen LogP contribution < -0.4 is 0 Å². The molecule has 0 radical (unpaired) electrons. The maximum absolute atomic E-state index is 5.35. The molecule has 96 valence electrons. The molecule has 3 aromatic rings. The molecular weight excluding hydrogens is 278 g/mol. The number of nitrogens with one attached hydrogen (secondary N) is 1. The summed E-state index contributed by atoms with van der Waals surface area (Å²) < 4.78 is 5.35. The van der Waals surface area contributed by atoms with Crippen molar-refractivity contribution in [2.24, 2.45) is 0 Å². The third-order valence-corrected chi connectivity index (χ3v) is 4.16. The number of aromatic nitrogens is 3. The lowest BCUT2D eigenvalue weighted by Gasteiger charge is -1.99. The summed E-state index contributed by atoms with van der Waals surface area (Å²) in [5.41, 5.74) is 3.23. The largest absolute Gasteiger partial charge is 0.408 e. The highest BCUT2D eigenvalue weighted by Gasteiger charge is 2.15. The molecule has 0 saturated heterocycles. The highest BCUT2D eigenvalue weighted by molar-refractivity contribution is 7.71. The Kier molecular flexibility index (Phi) is 3.04. The minimum absolute atomic E-state index is 0.278. The monoisotopic (exact) mass is 289 g/mol. The van der Waals surface area contributed by atoms with Crippen molar-refractivity contribution in [2.75, 3.05) is 0 Å². The first-order valence-corrected chi connectivity index (χ1v) is 6.97. The van der Waals surface area contributed by atoms with E-state index in [9.17, 15) is 0 Å². The maximum atomic E-state index is 5.35. The third-order valence-electron chi connectivity index (χ3n) is 2.80. The van der Waals surface area contributed by atoms with Crippen LogP contribution in [0.4, 0.5) is 0 Å². The Bertz CT molecular complexity index is 785. The number of rotatable bonds is 2. The normalized spacial score (nSPS) is 10.8. The van der Waals surface area contributed by atoms with Crippen molar-refractivity contribution in [1.29, 1.82) is 0 Å². The van der Waals surface area contributed by atoms with E-state index in [1.807, 2.05) is 19.1 Å². The van der Waals surface area contributed by atoms with E-state index in [0.717, 1.165) is 21.1 Å². The number of thiazole rings is 1. The van der Waals surface area contributed by atoms with Crippen LogP contribution in [0.25, 0.3) is 21.3 Å². The SMILES string of the molecule is Cc1ccccc1-c1nc(C)c(-c2n[nH]c(=S)o2)s1. The van der Waals surface area contributed by atoms with Crippen molar-refractivity contribution >= 4 is 23.6 Å². The molecule has 0 atom stereocenters. The average molecular weight is 289 g/mol. The molecule has 0 aliphatic carbocycles. The lowest BCUT2D eigenvalue weighted by Crippen LogP contribution is -1.81. The van der Waals surface area contributed by atoms with Gasteiger partial charge in [-0.05, 0) is 31.6 Å². The Morgan fingerprint density at radius 2 is 2.05 bits per heavy atom. The van der Waals surface area contributed by atoms with Crippen LogP contribution >= 0.6 is 23.6 Å². The third kappa shape index (κ3) is 2.24. The lowest BCUT2D eigenvalue weighted by atomic mass is 10.1. The predicted octanol–water partition coefficient (Wildman–Crippen LogP) is 4.14. The summed E-state index contributed by atoms with van der Waals surface area (Å²) in [6.45, 7) is 4.02. The fourth-order valence-corrected chi connectivity index (χ4v) is 3.06. The Morgan fingerprint density at radius 3 is 2.74 bits per heavy atom. The molecule has 0 amide bonds. The second-order valence-corrected chi connectivity index (χ2v) is 5.54. The average Bonchev–Trinajstić information content (AvgIpc) is 2.96. The minimum atomic E-state index is 0.278. The molecule has 6 heteroatoms. The number of H-pyrrole nitrogens is 1. The van der Waals surface area contributed by atoms with Gasteiger partial charge in [-0.2, -0.15) is 0 Å². The number of hydrogen-bond donors (Lipinski definition) is 1. The smallest absolute Gasteiger partial charge is 0.284 e. The van der Waals surface area contributed by atoms with Gasteiger partial charge in [0, 0.05) is 5.56 Å². The molecule has 2 aromatic heterocycles. The zero-order valence-corrected chi connectivity index (χ0v) is 12.1. The van der Waals surface area contributed by atoms with Gasteiger partial charge in [0.1, 0.15) is 9.88 Å². The maximum Gasteiger partial charge on any atom is 0.284 e. The quantitative estimate of drug-likeness (QED) is 0.720. The van der Waals surface area contributed by atoms with Crippen LogP contribution in [0.3, 0.4) is 0 Å². The fraction of sp³-hybridized carbons (Fsp3) is 0.154. The van der Waals surface area contributed by atoms with E-state index in [4.69, 9.17) is 16.6 Å². The van der Waals surface area contributed by atoms with E-state index < -0.39 is 0 Å². The van der Waals surface area contributed by atoms with Crippen molar-refractivity contribution in [2.45, 2.75) is 13.8 Å². The van der Waals surface area contributed by atoms with Crippen molar-refractivity contribution in [3.8, 4) is 21.3 Å². The highest BCUT2D eigenvalue weighted by Crippen LogP contribution is 2.35. The molecule has 19 heavy (non-hydrogen) atoms. The molecule has 3 rings (SSSR count). The number of aromatic amines is 1. The number of aryl methyl sites for hydroxylation is 2. The van der Waals surface area contributed by atoms with E-state index in [1.54, 1.807) is 11.3 Å². The molecule has 0 saturated carbocycles. The molecule has 0 bridgehead atoms. The van der Waals surface area contributed by atoms with E-state index >= 15 is 0 Å². The van der Waals surface area contributed by atoms with Crippen LogP contribution in [0.5, 0.6) is 0 Å². The first kappa shape index (κ1) is 12.3. The lowest BCUT2D eigenvalue weighted by molar-refractivity contribution is 0.553. The molecule has 1 N–H and O–H groups in total. The van der Waals surface area contributed by atoms with Crippen molar-refractivity contribution in [3.05, 3.63) is 40.4 Å². The first-order valence-electron chi connectivity index (χ1n) is 5.74. The van der Waals surface area contributed by atoms with E-state index in [-0.39, 0.29) is 4.84 Å². The molecule has 4 nitrogen and oxygen atoms in total. The van der Waals surface area contributed by atoms with Gasteiger partial charge in [0.25, 0.3) is 10.7 Å². The molecule has 1 aromatic carbocycles. The van der Waals surface area contributed by atoms with Crippen molar-refractivity contribution < 1.29 is 4.42 Å². The summed E-state index contributed by atoms with van der Waals surface area (Å²) >= 11 is 6.46. The Balaban J connectivity index is 2.12. The second kappa shape index (κ2) is 4.71. The Morgan fingerprint density at radius 1 is 1.26 bits per heavy atom. The molecule has 0 aliphatic rings. The molecule has 2 heterocycles. The predicted molar refractivity (Wildman–Crippen MR) is 77.7 cm³/mol. The van der Waals surface area contributed by atoms with Gasteiger partial charge in [-0.3, -0.25) is 0 Å². The topological polar surface area (TPSA) is 54.7 Å². The molecule has 0 unspecified atom stereocenters. The van der Waals surface area contributed by atoms with E-state index in [2.05, 4.69) is 34.2 Å². The van der Waals surface area contributed by atoms with E-state index in [1.165, 1.54) is 5.56 Å². The van der Waals surface area contributed by atoms with Gasteiger partial charge < -0.3 is 4.42 Å². The summed E-state index contributed by atoms with van der Waals surface area (Å²) in [7, 11) is 0.